The number of alkyl halides is 5. The second-order valence-electron chi connectivity index (χ2n) is 11.4. The van der Waals surface area contributed by atoms with Gasteiger partial charge in [0.15, 0.2) is 0 Å². The van der Waals surface area contributed by atoms with Gasteiger partial charge in [-0.2, -0.15) is 13.2 Å². The lowest BCUT2D eigenvalue weighted by Crippen LogP contribution is -2.47. The molecule has 4 aromatic rings. The zero-order valence-electron chi connectivity index (χ0n) is 22.4. The summed E-state index contributed by atoms with van der Waals surface area (Å²) in [6.07, 6.45) is -0.809. The van der Waals surface area contributed by atoms with Crippen molar-refractivity contribution in [1.29, 1.82) is 0 Å². The van der Waals surface area contributed by atoms with Gasteiger partial charge in [-0.1, -0.05) is 19.1 Å². The quantitative estimate of drug-likeness (QED) is 0.361. The SMILES string of the molecule is C[C@@H]1CN(Cc2cc(C(F)(F)F)c3cn(-c4cccc([C@]5(c6nncn6C)C[C@@H](O)C5)c4)c(=O)n3c2)CCC1(F)F. The number of aromatic nitrogens is 5. The smallest absolute Gasteiger partial charge is 0.393 e. The molecule has 8 nitrogen and oxygen atoms in total. The highest BCUT2D eigenvalue weighted by molar-refractivity contribution is 5.58. The van der Waals surface area contributed by atoms with Crippen LogP contribution >= 0.6 is 0 Å². The molecule has 1 atom stereocenters. The molecule has 0 unspecified atom stereocenters. The first-order chi connectivity index (χ1) is 19.3. The van der Waals surface area contributed by atoms with E-state index in [0.29, 0.717) is 24.4 Å². The van der Waals surface area contributed by atoms with E-state index < -0.39 is 40.8 Å². The minimum atomic E-state index is -4.75. The van der Waals surface area contributed by atoms with Gasteiger partial charge >= 0.3 is 11.9 Å². The molecule has 0 bridgehead atoms. The van der Waals surface area contributed by atoms with E-state index in [4.69, 9.17) is 0 Å². The molecule has 1 saturated heterocycles. The van der Waals surface area contributed by atoms with Gasteiger partial charge in [0, 0.05) is 51.4 Å². The largest absolute Gasteiger partial charge is 0.418 e. The van der Waals surface area contributed by atoms with Crippen LogP contribution in [0.3, 0.4) is 0 Å². The molecule has 41 heavy (non-hydrogen) atoms. The number of imidazole rings is 1. The zero-order chi connectivity index (χ0) is 29.3. The van der Waals surface area contributed by atoms with Crippen LogP contribution < -0.4 is 5.69 Å². The monoisotopic (exact) mass is 576 g/mol. The number of fused-ring (bicyclic) bond motifs is 1. The summed E-state index contributed by atoms with van der Waals surface area (Å²) in [5.41, 5.74) is -1.31. The average molecular weight is 577 g/mol. The van der Waals surface area contributed by atoms with Gasteiger partial charge in [-0.25, -0.2) is 13.6 Å². The molecular weight excluding hydrogens is 547 g/mol. The summed E-state index contributed by atoms with van der Waals surface area (Å²) >= 11 is 0. The third-order valence-corrected chi connectivity index (χ3v) is 8.53. The fourth-order valence-electron chi connectivity index (χ4n) is 6.27. The van der Waals surface area contributed by atoms with Crippen molar-refractivity contribution in [2.24, 2.45) is 13.0 Å². The van der Waals surface area contributed by atoms with Crippen molar-refractivity contribution >= 4 is 5.52 Å². The first kappa shape index (κ1) is 27.6. The topological polar surface area (TPSA) is 80.6 Å². The highest BCUT2D eigenvalue weighted by Gasteiger charge is 2.49. The maximum atomic E-state index is 14.2. The summed E-state index contributed by atoms with van der Waals surface area (Å²) in [5.74, 6) is -3.11. The Kier molecular flexibility index (Phi) is 6.38. The van der Waals surface area contributed by atoms with Gasteiger partial charge < -0.3 is 9.67 Å². The Labute approximate surface area is 231 Å². The van der Waals surface area contributed by atoms with Crippen molar-refractivity contribution in [3.8, 4) is 5.69 Å². The van der Waals surface area contributed by atoms with E-state index in [0.717, 1.165) is 16.0 Å². The Morgan fingerprint density at radius 1 is 1.15 bits per heavy atom. The maximum absolute atomic E-state index is 14.2. The number of piperidine rings is 1. The minimum Gasteiger partial charge on any atom is -0.393 e. The molecular formula is C28H29F5N6O2. The van der Waals surface area contributed by atoms with E-state index in [-0.39, 0.29) is 37.1 Å². The molecule has 2 fully saturated rings. The Morgan fingerprint density at radius 2 is 1.90 bits per heavy atom. The van der Waals surface area contributed by atoms with Gasteiger partial charge in [0.25, 0.3) is 5.92 Å². The fraction of sp³-hybridized carbons (Fsp3) is 0.464. The lowest BCUT2D eigenvalue weighted by molar-refractivity contribution is -0.136. The number of benzene rings is 1. The standard InChI is InChI=1S/C28H29F5N6O2/c1-17-12-37(7-6-27(17,29)30)13-18-8-22(28(31,32)33)23-15-38(25(41)39(23)14-18)20-5-3-4-19(9-20)26(10-21(40)11-26)24-35-34-16-36(24)2/h3-5,8-9,14-17,21,40H,6-7,10-13H2,1-2H3/t17-,21-,26+/m1/s1. The number of rotatable bonds is 5. The Morgan fingerprint density at radius 3 is 2.54 bits per heavy atom. The van der Waals surface area contributed by atoms with Crippen molar-refractivity contribution in [2.75, 3.05) is 13.1 Å². The number of nitrogens with zero attached hydrogens (tertiary/aromatic N) is 6. The first-order valence-corrected chi connectivity index (χ1v) is 13.4. The molecule has 3 aromatic heterocycles. The van der Waals surface area contributed by atoms with Crippen LogP contribution in [-0.4, -0.2) is 58.9 Å². The molecule has 1 aromatic carbocycles. The van der Waals surface area contributed by atoms with Gasteiger partial charge in [0.1, 0.15) is 12.2 Å². The second kappa shape index (κ2) is 9.48. The van der Waals surface area contributed by atoms with Crippen LogP contribution in [0.2, 0.25) is 0 Å². The van der Waals surface area contributed by atoms with Crippen molar-refractivity contribution in [3.63, 3.8) is 0 Å². The molecule has 2 aliphatic rings. The minimum absolute atomic E-state index is 0.00902. The van der Waals surface area contributed by atoms with E-state index in [1.807, 2.05) is 6.07 Å². The Hall–Kier alpha value is -3.58. The van der Waals surface area contributed by atoms with Crippen LogP contribution in [0, 0.1) is 5.92 Å². The van der Waals surface area contributed by atoms with Crippen LogP contribution in [0.5, 0.6) is 0 Å². The Bertz CT molecular complexity index is 1670. The number of aliphatic hydroxyl groups excluding tert-OH is 1. The zero-order valence-corrected chi connectivity index (χ0v) is 22.4. The molecule has 1 saturated carbocycles. The molecule has 13 heteroatoms. The van der Waals surface area contributed by atoms with Crippen molar-refractivity contribution in [3.05, 3.63) is 82.1 Å². The molecule has 1 aliphatic carbocycles. The summed E-state index contributed by atoms with van der Waals surface area (Å²) in [6, 6.07) is 7.91. The van der Waals surface area contributed by atoms with E-state index in [1.165, 1.54) is 23.9 Å². The summed E-state index contributed by atoms with van der Waals surface area (Å²) in [6.45, 7) is 1.52. The van der Waals surface area contributed by atoms with Crippen molar-refractivity contribution < 1.29 is 27.1 Å². The Balaban J connectivity index is 1.41. The number of hydrogen-bond acceptors (Lipinski definition) is 5. The lowest BCUT2D eigenvalue weighted by Gasteiger charge is -2.44. The van der Waals surface area contributed by atoms with E-state index in [1.54, 1.807) is 41.0 Å². The molecule has 0 amide bonds. The van der Waals surface area contributed by atoms with E-state index in [9.17, 15) is 31.9 Å². The number of likely N-dealkylation sites (tertiary alicyclic amines) is 1. The number of halogens is 5. The van der Waals surface area contributed by atoms with Crippen molar-refractivity contribution in [2.45, 2.75) is 56.3 Å². The third kappa shape index (κ3) is 4.64. The highest BCUT2D eigenvalue weighted by Crippen LogP contribution is 2.48. The number of pyridine rings is 1. The van der Waals surface area contributed by atoms with Gasteiger partial charge in [-0.15, -0.1) is 10.2 Å². The molecule has 218 valence electrons. The summed E-state index contributed by atoms with van der Waals surface area (Å²) in [5, 5.41) is 18.4. The molecule has 6 rings (SSSR count). The predicted molar refractivity (Wildman–Crippen MR) is 139 cm³/mol. The molecule has 0 spiro atoms. The fourth-order valence-corrected chi connectivity index (χ4v) is 6.27. The number of aliphatic hydroxyl groups is 1. The van der Waals surface area contributed by atoms with E-state index in [2.05, 4.69) is 10.2 Å². The highest BCUT2D eigenvalue weighted by atomic mass is 19.4. The first-order valence-electron chi connectivity index (χ1n) is 13.4. The maximum Gasteiger partial charge on any atom is 0.418 e. The number of aryl methyl sites for hydroxylation is 1. The van der Waals surface area contributed by atoms with Crippen LogP contribution in [0.4, 0.5) is 22.0 Å². The molecule has 1 aliphatic heterocycles. The van der Waals surface area contributed by atoms with Crippen LogP contribution in [-0.2, 0) is 25.2 Å². The van der Waals surface area contributed by atoms with Gasteiger partial charge in [-0.3, -0.25) is 13.9 Å². The number of hydrogen-bond donors (Lipinski definition) is 1. The van der Waals surface area contributed by atoms with Crippen molar-refractivity contribution in [1.82, 2.24) is 28.6 Å². The van der Waals surface area contributed by atoms with Gasteiger partial charge in [-0.05, 0) is 42.2 Å². The van der Waals surface area contributed by atoms with Crippen LogP contribution in [0.1, 0.15) is 48.7 Å². The van der Waals surface area contributed by atoms with Crippen LogP contribution in [0.25, 0.3) is 11.2 Å². The average Bonchev–Trinajstić information content (AvgIpc) is 3.46. The van der Waals surface area contributed by atoms with Crippen LogP contribution in [0.15, 0.2) is 53.8 Å². The summed E-state index contributed by atoms with van der Waals surface area (Å²) < 4.78 is 74.5. The lowest BCUT2D eigenvalue weighted by atomic mass is 9.62. The molecule has 1 N–H and O–H groups in total. The molecule has 4 heterocycles. The third-order valence-electron chi connectivity index (χ3n) is 8.53. The summed E-state index contributed by atoms with van der Waals surface area (Å²) in [4.78, 5) is 15.2. The predicted octanol–water partition coefficient (Wildman–Crippen LogP) is 4.16. The molecule has 0 radical (unpaired) electrons. The second-order valence-corrected chi connectivity index (χ2v) is 11.4. The van der Waals surface area contributed by atoms with Gasteiger partial charge in [0.2, 0.25) is 0 Å². The van der Waals surface area contributed by atoms with Gasteiger partial charge in [0.05, 0.1) is 28.3 Å². The van der Waals surface area contributed by atoms with E-state index >= 15 is 0 Å². The summed E-state index contributed by atoms with van der Waals surface area (Å²) in [7, 11) is 1.79. The normalized spacial score (nSPS) is 25.0.